The fourth-order valence-electron chi connectivity index (χ4n) is 3.29. The van der Waals surface area contributed by atoms with E-state index in [0.29, 0.717) is 11.8 Å². The number of hydrogen-bond donors (Lipinski definition) is 0. The van der Waals surface area contributed by atoms with Gasteiger partial charge in [-0.15, -0.1) is 0 Å². The van der Waals surface area contributed by atoms with E-state index in [-0.39, 0.29) is 6.10 Å². The Kier molecular flexibility index (Phi) is 10.1. The Morgan fingerprint density at radius 1 is 1.04 bits per heavy atom. The highest BCUT2D eigenvalue weighted by molar-refractivity contribution is 4.95. The normalized spacial score (nSPS) is 30.0. The second-order valence-corrected chi connectivity index (χ2v) is 7.40. The molecule has 0 aromatic heterocycles. The summed E-state index contributed by atoms with van der Waals surface area (Å²) in [7, 11) is 0. The summed E-state index contributed by atoms with van der Waals surface area (Å²) in [5, 5.41) is 0. The Hall–Kier alpha value is -0.340. The van der Waals surface area contributed by atoms with E-state index >= 15 is 0 Å². The van der Waals surface area contributed by atoms with Gasteiger partial charge < -0.3 is 9.47 Å². The molecule has 1 unspecified atom stereocenters. The average molecular weight is 325 g/mol. The third-order valence-corrected chi connectivity index (χ3v) is 5.36. The van der Waals surface area contributed by atoms with Gasteiger partial charge in [-0.2, -0.15) is 0 Å². The molecule has 1 saturated heterocycles. The molecule has 2 heteroatoms. The molecule has 1 aliphatic heterocycles. The van der Waals surface area contributed by atoms with Gasteiger partial charge in [0.15, 0.2) is 5.79 Å². The summed E-state index contributed by atoms with van der Waals surface area (Å²) < 4.78 is 12.4. The Morgan fingerprint density at radius 2 is 1.70 bits per heavy atom. The van der Waals surface area contributed by atoms with Crippen molar-refractivity contribution < 1.29 is 9.47 Å². The van der Waals surface area contributed by atoms with Crippen molar-refractivity contribution in [3.05, 3.63) is 12.2 Å². The highest BCUT2D eigenvalue weighted by Crippen LogP contribution is 2.36. The fourth-order valence-corrected chi connectivity index (χ4v) is 3.29. The minimum Gasteiger partial charge on any atom is -0.349 e. The molecule has 0 bridgehead atoms. The Balaban J connectivity index is 2.26. The molecule has 1 fully saturated rings. The molecule has 0 aliphatic carbocycles. The first-order valence-corrected chi connectivity index (χ1v) is 10.0. The van der Waals surface area contributed by atoms with Gasteiger partial charge in [0.1, 0.15) is 0 Å². The van der Waals surface area contributed by atoms with Crippen molar-refractivity contribution in [2.45, 2.75) is 104 Å². The number of unbranched alkanes of at least 4 members (excludes halogenated alkanes) is 7. The van der Waals surface area contributed by atoms with Crippen molar-refractivity contribution in [1.29, 1.82) is 0 Å². The minimum absolute atomic E-state index is 0.280. The van der Waals surface area contributed by atoms with Crippen LogP contribution in [0.2, 0.25) is 0 Å². The molecule has 0 N–H and O–H groups in total. The first-order chi connectivity index (χ1) is 11.1. The van der Waals surface area contributed by atoms with Crippen molar-refractivity contribution >= 4 is 0 Å². The van der Waals surface area contributed by atoms with Gasteiger partial charge in [-0.25, -0.2) is 0 Å². The van der Waals surface area contributed by atoms with E-state index in [1.807, 2.05) is 0 Å². The molecule has 1 heterocycles. The summed E-state index contributed by atoms with van der Waals surface area (Å²) in [4.78, 5) is 0. The van der Waals surface area contributed by atoms with Gasteiger partial charge in [0.25, 0.3) is 0 Å². The van der Waals surface area contributed by atoms with Crippen molar-refractivity contribution in [2.24, 2.45) is 11.8 Å². The van der Waals surface area contributed by atoms with Crippen LogP contribution in [0.5, 0.6) is 0 Å². The van der Waals surface area contributed by atoms with Crippen molar-refractivity contribution in [1.82, 2.24) is 0 Å². The summed E-state index contributed by atoms with van der Waals surface area (Å²) in [5.74, 6) is 0.383. The van der Waals surface area contributed by atoms with Crippen LogP contribution in [0, 0.1) is 11.8 Å². The zero-order chi connectivity index (χ0) is 17.1. The molecule has 23 heavy (non-hydrogen) atoms. The Morgan fingerprint density at radius 3 is 2.30 bits per heavy atom. The molecule has 0 spiro atoms. The van der Waals surface area contributed by atoms with Crippen LogP contribution in [-0.4, -0.2) is 18.5 Å². The van der Waals surface area contributed by atoms with E-state index in [4.69, 9.17) is 9.47 Å². The van der Waals surface area contributed by atoms with Crippen LogP contribution in [0.3, 0.4) is 0 Å². The summed E-state index contributed by atoms with van der Waals surface area (Å²) >= 11 is 0. The molecule has 0 radical (unpaired) electrons. The predicted octanol–water partition coefficient (Wildman–Crippen LogP) is 6.50. The maximum absolute atomic E-state index is 6.26. The van der Waals surface area contributed by atoms with Gasteiger partial charge in [0.05, 0.1) is 12.7 Å². The lowest BCUT2D eigenvalue weighted by Gasteiger charge is -2.45. The van der Waals surface area contributed by atoms with Crippen molar-refractivity contribution in [3.8, 4) is 0 Å². The summed E-state index contributed by atoms with van der Waals surface area (Å²) in [6.07, 6.45) is 16.6. The highest BCUT2D eigenvalue weighted by Gasteiger charge is 2.41. The highest BCUT2D eigenvalue weighted by atomic mass is 16.7. The smallest absolute Gasteiger partial charge is 0.174 e. The van der Waals surface area contributed by atoms with E-state index in [1.54, 1.807) is 0 Å². The second kappa shape index (κ2) is 11.3. The van der Waals surface area contributed by atoms with Gasteiger partial charge in [-0.3, -0.25) is 0 Å². The lowest BCUT2D eigenvalue weighted by Crippen LogP contribution is -2.50. The molecular weight excluding hydrogens is 284 g/mol. The maximum Gasteiger partial charge on any atom is 0.174 e. The molecule has 0 saturated carbocycles. The van der Waals surface area contributed by atoms with Gasteiger partial charge in [0.2, 0.25) is 0 Å². The van der Waals surface area contributed by atoms with E-state index < -0.39 is 5.79 Å². The van der Waals surface area contributed by atoms with E-state index in [1.165, 1.54) is 51.4 Å². The first-order valence-electron chi connectivity index (χ1n) is 10.0. The van der Waals surface area contributed by atoms with E-state index in [2.05, 4.69) is 46.8 Å². The SMILES string of the molecule is CCCCCCCCC/C=C/[C@H](C)C1(CC)OC[C@H](C)[C@@H](C)O1. The third kappa shape index (κ3) is 6.97. The van der Waals surface area contributed by atoms with Gasteiger partial charge in [-0.1, -0.05) is 78.4 Å². The van der Waals surface area contributed by atoms with Crippen molar-refractivity contribution in [2.75, 3.05) is 6.61 Å². The molecular formula is C21H40O2. The Bertz CT molecular complexity index is 326. The molecule has 1 aliphatic rings. The molecule has 1 rings (SSSR count). The largest absolute Gasteiger partial charge is 0.349 e. The average Bonchev–Trinajstić information content (AvgIpc) is 2.55. The topological polar surface area (TPSA) is 18.5 Å². The van der Waals surface area contributed by atoms with Gasteiger partial charge in [0, 0.05) is 11.8 Å². The second-order valence-electron chi connectivity index (χ2n) is 7.40. The fraction of sp³-hybridized carbons (Fsp3) is 0.905. The number of allylic oxidation sites excluding steroid dienone is 1. The zero-order valence-corrected chi connectivity index (χ0v) is 16.3. The summed E-state index contributed by atoms with van der Waals surface area (Å²) in [6.45, 7) is 11.9. The van der Waals surface area contributed by atoms with Crippen LogP contribution < -0.4 is 0 Å². The van der Waals surface area contributed by atoms with Crippen LogP contribution in [0.4, 0.5) is 0 Å². The monoisotopic (exact) mass is 324 g/mol. The van der Waals surface area contributed by atoms with Gasteiger partial charge >= 0.3 is 0 Å². The van der Waals surface area contributed by atoms with Crippen LogP contribution in [-0.2, 0) is 9.47 Å². The third-order valence-electron chi connectivity index (χ3n) is 5.36. The molecule has 2 nitrogen and oxygen atoms in total. The summed E-state index contributed by atoms with van der Waals surface area (Å²) in [6, 6.07) is 0. The minimum atomic E-state index is -0.414. The standard InChI is InChI=1S/C21H40O2/c1-6-8-9-10-11-12-13-14-15-16-19(4)21(7-2)22-17-18(3)20(5)23-21/h15-16,18-20H,6-14,17H2,1-5H3/b16-15+/t18-,19-,20+,21?/m0/s1. The van der Waals surface area contributed by atoms with Gasteiger partial charge in [-0.05, 0) is 26.2 Å². The number of hydrogen-bond acceptors (Lipinski definition) is 2. The van der Waals surface area contributed by atoms with Crippen LogP contribution in [0.15, 0.2) is 12.2 Å². The summed E-state index contributed by atoms with van der Waals surface area (Å²) in [5.41, 5.74) is 0. The van der Waals surface area contributed by atoms with E-state index in [0.717, 1.165) is 13.0 Å². The van der Waals surface area contributed by atoms with Crippen molar-refractivity contribution in [3.63, 3.8) is 0 Å². The zero-order valence-electron chi connectivity index (χ0n) is 16.3. The molecule has 0 amide bonds. The van der Waals surface area contributed by atoms with Crippen LogP contribution in [0.25, 0.3) is 0 Å². The lowest BCUT2D eigenvalue weighted by molar-refractivity contribution is -0.321. The number of ether oxygens (including phenoxy) is 2. The van der Waals surface area contributed by atoms with Crippen LogP contribution in [0.1, 0.15) is 92.4 Å². The first kappa shape index (κ1) is 20.7. The molecule has 0 aromatic rings. The molecule has 136 valence electrons. The lowest BCUT2D eigenvalue weighted by atomic mass is 9.93. The quantitative estimate of drug-likeness (QED) is 0.319. The number of rotatable bonds is 11. The van der Waals surface area contributed by atoms with E-state index in [9.17, 15) is 0 Å². The Labute approximate surface area is 145 Å². The maximum atomic E-state index is 6.26. The molecule has 0 aromatic carbocycles. The van der Waals surface area contributed by atoms with Crippen LogP contribution >= 0.6 is 0 Å². The predicted molar refractivity (Wildman–Crippen MR) is 99.6 cm³/mol. The molecule has 4 atom stereocenters.